The highest BCUT2D eigenvalue weighted by atomic mass is 16.5. The number of para-hydroxylation sites is 1. The Labute approximate surface area is 186 Å². The van der Waals surface area contributed by atoms with E-state index < -0.39 is 0 Å². The van der Waals surface area contributed by atoms with Crippen LogP contribution in [0.1, 0.15) is 28.8 Å². The molecule has 1 aliphatic carbocycles. The number of hydrogen-bond acceptors (Lipinski definition) is 4. The van der Waals surface area contributed by atoms with Crippen LogP contribution in [0.15, 0.2) is 77.2 Å². The van der Waals surface area contributed by atoms with Gasteiger partial charge in [-0.3, -0.25) is 9.69 Å². The maximum absolute atomic E-state index is 13.6. The van der Waals surface area contributed by atoms with Crippen molar-refractivity contribution in [2.45, 2.75) is 19.4 Å². The summed E-state index contributed by atoms with van der Waals surface area (Å²) in [4.78, 5) is 15.9. The summed E-state index contributed by atoms with van der Waals surface area (Å²) >= 11 is 0. The molecule has 0 radical (unpaired) electrons. The summed E-state index contributed by atoms with van der Waals surface area (Å²) in [5, 5.41) is 3.90. The van der Waals surface area contributed by atoms with Crippen LogP contribution in [0.3, 0.4) is 0 Å². The molecule has 1 amide bonds. The number of furan rings is 1. The van der Waals surface area contributed by atoms with Gasteiger partial charge in [-0.15, -0.1) is 0 Å². The van der Waals surface area contributed by atoms with Gasteiger partial charge in [-0.05, 0) is 43.0 Å². The van der Waals surface area contributed by atoms with Crippen molar-refractivity contribution in [3.05, 3.63) is 83.9 Å². The highest BCUT2D eigenvalue weighted by molar-refractivity contribution is 6.17. The van der Waals surface area contributed by atoms with Crippen molar-refractivity contribution in [1.82, 2.24) is 4.90 Å². The van der Waals surface area contributed by atoms with E-state index in [0.717, 1.165) is 47.0 Å². The number of benzene rings is 3. The number of nitrogens with zero attached hydrogens (tertiary/aromatic N) is 1. The zero-order chi connectivity index (χ0) is 21.5. The molecule has 5 nitrogen and oxygen atoms in total. The Morgan fingerprint density at radius 2 is 1.72 bits per heavy atom. The van der Waals surface area contributed by atoms with E-state index in [1.54, 1.807) is 0 Å². The van der Waals surface area contributed by atoms with E-state index >= 15 is 0 Å². The largest absolute Gasteiger partial charge is 0.478 e. The lowest BCUT2D eigenvalue weighted by Gasteiger charge is -2.29. The first-order valence-electron chi connectivity index (χ1n) is 11.1. The Morgan fingerprint density at radius 3 is 2.47 bits per heavy atom. The van der Waals surface area contributed by atoms with Crippen LogP contribution in [0.4, 0.5) is 5.69 Å². The van der Waals surface area contributed by atoms with Crippen molar-refractivity contribution in [3.63, 3.8) is 0 Å². The maximum Gasteiger partial charge on any atom is 0.260 e. The molecule has 1 aliphatic heterocycles. The monoisotopic (exact) mass is 424 g/mol. The van der Waals surface area contributed by atoms with Crippen LogP contribution in [0.5, 0.6) is 5.75 Å². The van der Waals surface area contributed by atoms with Gasteiger partial charge in [-0.25, -0.2) is 0 Å². The number of hydrogen-bond donors (Lipinski definition) is 1. The molecular formula is C27H24N2O3. The summed E-state index contributed by atoms with van der Waals surface area (Å²) in [6, 6.07) is 23.2. The third-order valence-corrected chi connectivity index (χ3v) is 6.21. The number of amides is 1. The molecule has 5 heteroatoms. The molecule has 0 bridgehead atoms. The molecule has 0 unspecified atom stereocenters. The molecule has 3 aromatic carbocycles. The van der Waals surface area contributed by atoms with Crippen molar-refractivity contribution in [2.24, 2.45) is 5.92 Å². The molecule has 160 valence electrons. The van der Waals surface area contributed by atoms with Gasteiger partial charge in [0.15, 0.2) is 0 Å². The fourth-order valence-corrected chi connectivity index (χ4v) is 4.47. The third kappa shape index (κ3) is 3.55. The lowest BCUT2D eigenvalue weighted by Crippen LogP contribution is -2.33. The summed E-state index contributed by atoms with van der Waals surface area (Å²) in [7, 11) is 0. The van der Waals surface area contributed by atoms with Gasteiger partial charge in [-0.1, -0.05) is 48.5 Å². The Bertz CT molecular complexity index is 1280. The second-order valence-corrected chi connectivity index (χ2v) is 8.64. The number of ether oxygens (including phenoxy) is 1. The lowest BCUT2D eigenvalue weighted by molar-refractivity contribution is 0.0918. The van der Waals surface area contributed by atoms with Gasteiger partial charge >= 0.3 is 0 Å². The van der Waals surface area contributed by atoms with Gasteiger partial charge in [0.2, 0.25) is 0 Å². The fraction of sp³-hybridized carbons (Fsp3) is 0.222. The van der Waals surface area contributed by atoms with Crippen LogP contribution in [0, 0.1) is 5.92 Å². The van der Waals surface area contributed by atoms with Crippen LogP contribution in [0.25, 0.3) is 22.3 Å². The molecule has 2 heterocycles. The number of fused-ring (bicyclic) bond motifs is 3. The van der Waals surface area contributed by atoms with Gasteiger partial charge < -0.3 is 14.5 Å². The van der Waals surface area contributed by atoms with E-state index in [1.807, 2.05) is 72.8 Å². The van der Waals surface area contributed by atoms with E-state index in [1.165, 1.54) is 12.8 Å². The summed E-state index contributed by atoms with van der Waals surface area (Å²) in [6.45, 7) is 2.37. The standard InChI is InChI=1S/C27H24N2O3/c30-27(28-20-9-5-2-6-10-20)25-24-21-16-29(15-18-11-12-18)17-31-22(21)13-14-23(24)32-26(25)19-7-3-1-4-8-19/h1-10,13-14,18H,11-12,15-17H2,(H,28,30). The Morgan fingerprint density at radius 1 is 0.969 bits per heavy atom. The van der Waals surface area contributed by atoms with E-state index in [0.29, 0.717) is 23.6 Å². The second kappa shape index (κ2) is 7.84. The van der Waals surface area contributed by atoms with Gasteiger partial charge in [0.1, 0.15) is 23.8 Å². The van der Waals surface area contributed by atoms with Crippen molar-refractivity contribution >= 4 is 22.6 Å². The molecular weight excluding hydrogens is 400 g/mol. The van der Waals surface area contributed by atoms with Crippen LogP contribution in [-0.4, -0.2) is 24.1 Å². The summed E-state index contributed by atoms with van der Waals surface area (Å²) in [5.41, 5.74) is 3.92. The van der Waals surface area contributed by atoms with E-state index in [4.69, 9.17) is 9.15 Å². The zero-order valence-corrected chi connectivity index (χ0v) is 17.7. The number of nitrogens with one attached hydrogen (secondary N) is 1. The highest BCUT2D eigenvalue weighted by Gasteiger charge is 2.31. The molecule has 0 atom stereocenters. The molecule has 6 rings (SSSR count). The second-order valence-electron chi connectivity index (χ2n) is 8.64. The topological polar surface area (TPSA) is 54.7 Å². The normalized spacial score (nSPS) is 15.9. The number of carbonyl (C=O) groups excluding carboxylic acids is 1. The Hall–Kier alpha value is -3.57. The summed E-state index contributed by atoms with van der Waals surface area (Å²) < 4.78 is 12.4. The van der Waals surface area contributed by atoms with Gasteiger partial charge in [0, 0.05) is 35.3 Å². The predicted molar refractivity (Wildman–Crippen MR) is 125 cm³/mol. The average molecular weight is 425 g/mol. The Balaban J connectivity index is 1.50. The van der Waals surface area contributed by atoms with Crippen molar-refractivity contribution in [3.8, 4) is 17.1 Å². The molecule has 0 spiro atoms. The van der Waals surface area contributed by atoms with Gasteiger partial charge in [-0.2, -0.15) is 0 Å². The smallest absolute Gasteiger partial charge is 0.260 e. The van der Waals surface area contributed by atoms with Crippen molar-refractivity contribution in [1.29, 1.82) is 0 Å². The molecule has 1 aromatic heterocycles. The first-order chi connectivity index (χ1) is 15.8. The predicted octanol–water partition coefficient (Wildman–Crippen LogP) is 5.91. The quantitative estimate of drug-likeness (QED) is 0.432. The van der Waals surface area contributed by atoms with E-state index in [9.17, 15) is 4.79 Å². The third-order valence-electron chi connectivity index (χ3n) is 6.21. The lowest BCUT2D eigenvalue weighted by atomic mass is 9.99. The minimum Gasteiger partial charge on any atom is -0.478 e. The highest BCUT2D eigenvalue weighted by Crippen LogP contribution is 2.41. The van der Waals surface area contributed by atoms with E-state index in [-0.39, 0.29) is 5.91 Å². The molecule has 32 heavy (non-hydrogen) atoms. The van der Waals surface area contributed by atoms with Gasteiger partial charge in [0.05, 0.1) is 5.56 Å². The molecule has 0 saturated heterocycles. The SMILES string of the molecule is O=C(Nc1ccccc1)c1c(-c2ccccc2)oc2ccc3c(c12)CN(CC1CC1)CO3. The molecule has 1 N–H and O–H groups in total. The first kappa shape index (κ1) is 19.1. The number of rotatable bonds is 5. The Kier molecular flexibility index (Phi) is 4.69. The van der Waals surface area contributed by atoms with Crippen molar-refractivity contribution in [2.75, 3.05) is 18.6 Å². The van der Waals surface area contributed by atoms with Crippen molar-refractivity contribution < 1.29 is 13.9 Å². The molecule has 4 aromatic rings. The van der Waals surface area contributed by atoms with Gasteiger partial charge in [0.25, 0.3) is 5.91 Å². The van der Waals surface area contributed by atoms with Crippen LogP contribution in [-0.2, 0) is 6.54 Å². The maximum atomic E-state index is 13.6. The van der Waals surface area contributed by atoms with Crippen LogP contribution < -0.4 is 10.1 Å². The molecule has 2 aliphatic rings. The average Bonchev–Trinajstić information content (AvgIpc) is 3.55. The number of anilines is 1. The molecule has 1 saturated carbocycles. The zero-order valence-electron chi connectivity index (χ0n) is 17.7. The molecule has 1 fully saturated rings. The minimum absolute atomic E-state index is 0.179. The van der Waals surface area contributed by atoms with E-state index in [2.05, 4.69) is 10.2 Å². The fourth-order valence-electron chi connectivity index (χ4n) is 4.47. The first-order valence-corrected chi connectivity index (χ1v) is 11.1. The number of carbonyl (C=O) groups is 1. The minimum atomic E-state index is -0.179. The summed E-state index contributed by atoms with van der Waals surface area (Å²) in [6.07, 6.45) is 2.59. The van der Waals surface area contributed by atoms with Crippen LogP contribution in [0.2, 0.25) is 0 Å². The van der Waals surface area contributed by atoms with Crippen LogP contribution >= 0.6 is 0 Å². The summed E-state index contributed by atoms with van der Waals surface area (Å²) in [5.74, 6) is 2.01.